The van der Waals surface area contributed by atoms with E-state index in [2.05, 4.69) is 0 Å². The number of carbonyl (C=O) groups is 1. The van der Waals surface area contributed by atoms with Gasteiger partial charge in [-0.05, 0) is 19.8 Å². The standard InChI is InChI=1S/C11H22N2O2.ClH/c1-4-6-11(2,12)10(14)13-7-5-9(8-13)15-3;/h9H,4-8,12H2,1-3H3;1H/t9-,11?;/m0./s1. The Labute approximate surface area is 104 Å². The molecule has 1 aliphatic heterocycles. The average molecular weight is 251 g/mol. The third-order valence-corrected chi connectivity index (χ3v) is 3.02. The van der Waals surface area contributed by atoms with Crippen molar-refractivity contribution in [3.05, 3.63) is 0 Å². The summed E-state index contributed by atoms with van der Waals surface area (Å²) < 4.78 is 5.23. The van der Waals surface area contributed by atoms with E-state index in [1.165, 1.54) is 0 Å². The summed E-state index contributed by atoms with van der Waals surface area (Å²) in [5.41, 5.74) is 5.29. The molecule has 0 bridgehead atoms. The minimum absolute atomic E-state index is 0. The molecule has 1 unspecified atom stereocenters. The molecule has 0 spiro atoms. The van der Waals surface area contributed by atoms with E-state index < -0.39 is 5.54 Å². The van der Waals surface area contributed by atoms with Gasteiger partial charge in [-0.15, -0.1) is 12.4 Å². The fraction of sp³-hybridized carbons (Fsp3) is 0.909. The highest BCUT2D eigenvalue weighted by atomic mass is 35.5. The summed E-state index contributed by atoms with van der Waals surface area (Å²) in [6, 6.07) is 0. The number of amides is 1. The van der Waals surface area contributed by atoms with Crippen LogP contribution in [0.3, 0.4) is 0 Å². The summed E-state index contributed by atoms with van der Waals surface area (Å²) in [5, 5.41) is 0. The van der Waals surface area contributed by atoms with E-state index in [0.717, 1.165) is 25.8 Å². The fourth-order valence-electron chi connectivity index (χ4n) is 2.09. The second kappa shape index (κ2) is 6.42. The first-order chi connectivity index (χ1) is 7.01. The normalized spacial score (nSPS) is 23.8. The molecule has 1 fully saturated rings. The van der Waals surface area contributed by atoms with E-state index in [1.807, 2.05) is 18.7 Å². The van der Waals surface area contributed by atoms with Gasteiger partial charge in [0, 0.05) is 20.2 Å². The van der Waals surface area contributed by atoms with E-state index in [-0.39, 0.29) is 24.4 Å². The summed E-state index contributed by atoms with van der Waals surface area (Å²) in [6.07, 6.45) is 2.77. The number of halogens is 1. The first-order valence-corrected chi connectivity index (χ1v) is 5.62. The number of methoxy groups -OCH3 is 1. The Bertz CT molecular complexity index is 234. The van der Waals surface area contributed by atoms with Gasteiger partial charge in [-0.3, -0.25) is 4.79 Å². The van der Waals surface area contributed by atoms with Gasteiger partial charge in [-0.1, -0.05) is 13.3 Å². The Hall–Kier alpha value is -0.320. The van der Waals surface area contributed by atoms with Crippen LogP contribution in [0.2, 0.25) is 0 Å². The number of hydrogen-bond donors (Lipinski definition) is 1. The molecule has 1 rings (SSSR count). The molecular weight excluding hydrogens is 228 g/mol. The topological polar surface area (TPSA) is 55.6 Å². The second-order valence-electron chi connectivity index (χ2n) is 4.57. The SMILES string of the molecule is CCCC(C)(N)C(=O)N1CC[C@H](OC)C1.Cl. The molecule has 2 atom stereocenters. The van der Waals surface area contributed by atoms with Crippen molar-refractivity contribution in [3.63, 3.8) is 0 Å². The maximum absolute atomic E-state index is 12.1. The molecule has 1 heterocycles. The Balaban J connectivity index is 0.00000225. The van der Waals surface area contributed by atoms with Crippen LogP contribution < -0.4 is 5.73 Å². The van der Waals surface area contributed by atoms with E-state index >= 15 is 0 Å². The number of rotatable bonds is 4. The van der Waals surface area contributed by atoms with Crippen LogP contribution in [0.4, 0.5) is 0 Å². The highest BCUT2D eigenvalue weighted by molar-refractivity contribution is 5.86. The van der Waals surface area contributed by atoms with Crippen LogP contribution in [0.1, 0.15) is 33.1 Å². The third-order valence-electron chi connectivity index (χ3n) is 3.02. The summed E-state index contributed by atoms with van der Waals surface area (Å²) in [7, 11) is 1.69. The van der Waals surface area contributed by atoms with Crippen molar-refractivity contribution < 1.29 is 9.53 Å². The lowest BCUT2D eigenvalue weighted by Gasteiger charge is -2.28. The Morgan fingerprint density at radius 1 is 1.62 bits per heavy atom. The van der Waals surface area contributed by atoms with Crippen molar-refractivity contribution in [1.29, 1.82) is 0 Å². The Morgan fingerprint density at radius 3 is 2.69 bits per heavy atom. The number of likely N-dealkylation sites (tertiary alicyclic amines) is 1. The van der Waals surface area contributed by atoms with Crippen LogP contribution in [0.5, 0.6) is 0 Å². The molecule has 1 amide bonds. The molecule has 0 radical (unpaired) electrons. The first kappa shape index (κ1) is 15.7. The van der Waals surface area contributed by atoms with Crippen LogP contribution in [0.25, 0.3) is 0 Å². The Kier molecular flexibility index (Phi) is 6.30. The maximum atomic E-state index is 12.1. The van der Waals surface area contributed by atoms with Crippen LogP contribution in [-0.2, 0) is 9.53 Å². The van der Waals surface area contributed by atoms with E-state index in [4.69, 9.17) is 10.5 Å². The van der Waals surface area contributed by atoms with E-state index in [1.54, 1.807) is 7.11 Å². The van der Waals surface area contributed by atoms with E-state index in [9.17, 15) is 4.79 Å². The third kappa shape index (κ3) is 3.61. The lowest BCUT2D eigenvalue weighted by molar-refractivity contribution is -0.136. The highest BCUT2D eigenvalue weighted by Gasteiger charge is 2.35. The lowest BCUT2D eigenvalue weighted by Crippen LogP contribution is -2.52. The van der Waals surface area contributed by atoms with Crippen molar-refractivity contribution in [2.24, 2.45) is 5.73 Å². The summed E-state index contributed by atoms with van der Waals surface area (Å²) >= 11 is 0. The minimum Gasteiger partial charge on any atom is -0.380 e. The van der Waals surface area contributed by atoms with Crippen LogP contribution in [0, 0.1) is 0 Å². The number of nitrogens with zero attached hydrogens (tertiary/aromatic N) is 1. The number of hydrogen-bond acceptors (Lipinski definition) is 3. The zero-order valence-electron chi connectivity index (χ0n) is 10.4. The van der Waals surface area contributed by atoms with Gasteiger partial charge in [0.1, 0.15) is 0 Å². The molecule has 0 saturated carbocycles. The molecule has 0 aromatic carbocycles. The largest absolute Gasteiger partial charge is 0.380 e. The quantitative estimate of drug-likeness (QED) is 0.815. The van der Waals surface area contributed by atoms with Gasteiger partial charge < -0.3 is 15.4 Å². The number of nitrogens with two attached hydrogens (primary N) is 1. The molecule has 0 aromatic heterocycles. The zero-order chi connectivity index (χ0) is 11.5. The predicted molar refractivity (Wildman–Crippen MR) is 66.7 cm³/mol. The summed E-state index contributed by atoms with van der Waals surface area (Å²) in [6.45, 7) is 5.32. The molecule has 16 heavy (non-hydrogen) atoms. The highest BCUT2D eigenvalue weighted by Crippen LogP contribution is 2.18. The molecule has 1 saturated heterocycles. The van der Waals surface area contributed by atoms with Gasteiger partial charge >= 0.3 is 0 Å². The number of ether oxygens (including phenoxy) is 1. The van der Waals surface area contributed by atoms with Gasteiger partial charge in [0.15, 0.2) is 0 Å². The van der Waals surface area contributed by atoms with Crippen molar-refractivity contribution in [1.82, 2.24) is 4.90 Å². The van der Waals surface area contributed by atoms with Crippen molar-refractivity contribution in [2.75, 3.05) is 20.2 Å². The van der Waals surface area contributed by atoms with Crippen LogP contribution in [-0.4, -0.2) is 42.6 Å². The second-order valence-corrected chi connectivity index (χ2v) is 4.57. The molecular formula is C11H23ClN2O2. The molecule has 96 valence electrons. The Morgan fingerprint density at radius 2 is 2.25 bits per heavy atom. The van der Waals surface area contributed by atoms with Crippen LogP contribution >= 0.6 is 12.4 Å². The number of carbonyl (C=O) groups excluding carboxylic acids is 1. The lowest BCUT2D eigenvalue weighted by atomic mass is 9.96. The monoisotopic (exact) mass is 250 g/mol. The van der Waals surface area contributed by atoms with Gasteiger partial charge in [-0.2, -0.15) is 0 Å². The predicted octanol–water partition coefficient (Wildman–Crippen LogP) is 1.17. The average Bonchev–Trinajstić information content (AvgIpc) is 2.64. The molecule has 4 nitrogen and oxygen atoms in total. The van der Waals surface area contributed by atoms with Crippen molar-refractivity contribution >= 4 is 18.3 Å². The fourth-order valence-corrected chi connectivity index (χ4v) is 2.09. The van der Waals surface area contributed by atoms with E-state index in [0.29, 0.717) is 6.54 Å². The first-order valence-electron chi connectivity index (χ1n) is 5.62. The molecule has 5 heteroatoms. The van der Waals surface area contributed by atoms with Crippen LogP contribution in [0.15, 0.2) is 0 Å². The maximum Gasteiger partial charge on any atom is 0.242 e. The minimum atomic E-state index is -0.711. The zero-order valence-corrected chi connectivity index (χ0v) is 11.2. The smallest absolute Gasteiger partial charge is 0.242 e. The summed E-state index contributed by atoms with van der Waals surface area (Å²) in [4.78, 5) is 13.9. The van der Waals surface area contributed by atoms with Crippen molar-refractivity contribution in [2.45, 2.75) is 44.8 Å². The van der Waals surface area contributed by atoms with Gasteiger partial charge in [0.2, 0.25) is 5.91 Å². The van der Waals surface area contributed by atoms with Gasteiger partial charge in [0.05, 0.1) is 11.6 Å². The summed E-state index contributed by atoms with van der Waals surface area (Å²) in [5.74, 6) is 0.0592. The molecule has 2 N–H and O–H groups in total. The van der Waals surface area contributed by atoms with Gasteiger partial charge in [-0.25, -0.2) is 0 Å². The van der Waals surface area contributed by atoms with Gasteiger partial charge in [0.25, 0.3) is 0 Å². The van der Waals surface area contributed by atoms with Crippen molar-refractivity contribution in [3.8, 4) is 0 Å². The molecule has 0 aromatic rings. The molecule has 1 aliphatic rings. The molecule has 0 aliphatic carbocycles.